The molecular weight excluding hydrogens is 322 g/mol. The third-order valence-corrected chi connectivity index (χ3v) is 7.93. The maximum atomic E-state index is 6.39. The molecule has 5 rings (SSSR count). The van der Waals surface area contributed by atoms with E-state index in [-0.39, 0.29) is 22.4 Å². The van der Waals surface area contributed by atoms with Gasteiger partial charge in [0.2, 0.25) is 0 Å². The molecular formula is C22H27N3O. The summed E-state index contributed by atoms with van der Waals surface area (Å²) >= 11 is 0. The normalized spacial score (nSPS) is 28.1. The highest BCUT2D eigenvalue weighted by Gasteiger charge is 2.66. The van der Waals surface area contributed by atoms with E-state index in [1.165, 1.54) is 22.5 Å². The van der Waals surface area contributed by atoms with Crippen molar-refractivity contribution in [1.82, 2.24) is 9.38 Å². The number of nitrogens with zero attached hydrogens (tertiary/aromatic N) is 3. The minimum absolute atomic E-state index is 0.00415. The van der Waals surface area contributed by atoms with E-state index in [0.717, 1.165) is 5.76 Å². The van der Waals surface area contributed by atoms with Crippen LogP contribution in [0.1, 0.15) is 70.2 Å². The molecule has 2 aliphatic heterocycles. The van der Waals surface area contributed by atoms with Crippen molar-refractivity contribution in [3.63, 3.8) is 0 Å². The first-order valence-electron chi connectivity index (χ1n) is 9.49. The van der Waals surface area contributed by atoms with E-state index in [9.17, 15) is 0 Å². The summed E-state index contributed by atoms with van der Waals surface area (Å²) in [5.74, 6) is 1.77. The van der Waals surface area contributed by atoms with Crippen LogP contribution in [-0.2, 0) is 11.0 Å². The molecule has 0 aliphatic carbocycles. The Kier molecular flexibility index (Phi) is 2.68. The fraction of sp³-hybridized carbons (Fsp3) is 0.500. The van der Waals surface area contributed by atoms with Crippen molar-refractivity contribution in [2.24, 2.45) is 5.41 Å². The summed E-state index contributed by atoms with van der Waals surface area (Å²) in [6.45, 7) is 16.4. The third kappa shape index (κ3) is 1.40. The van der Waals surface area contributed by atoms with Crippen molar-refractivity contribution in [2.45, 2.75) is 65.5 Å². The molecule has 2 aliphatic rings. The number of aryl methyl sites for hydroxylation is 1. The highest BCUT2D eigenvalue weighted by atomic mass is 16.4. The Bertz CT molecular complexity index is 1050. The van der Waals surface area contributed by atoms with Gasteiger partial charge in [-0.15, -0.1) is 0 Å². The number of imidazole rings is 1. The average Bonchev–Trinajstić information content (AvgIpc) is 3.19. The number of anilines is 1. The lowest BCUT2D eigenvalue weighted by atomic mass is 9.52. The molecule has 2 atom stereocenters. The molecule has 4 nitrogen and oxygen atoms in total. The van der Waals surface area contributed by atoms with Gasteiger partial charge in [0.1, 0.15) is 5.54 Å². The molecule has 0 radical (unpaired) electrons. The van der Waals surface area contributed by atoms with Gasteiger partial charge in [-0.1, -0.05) is 45.9 Å². The van der Waals surface area contributed by atoms with Crippen molar-refractivity contribution < 1.29 is 4.42 Å². The summed E-state index contributed by atoms with van der Waals surface area (Å²) in [5, 5.41) is 0. The van der Waals surface area contributed by atoms with Crippen molar-refractivity contribution in [2.75, 3.05) is 4.90 Å². The fourth-order valence-corrected chi connectivity index (χ4v) is 5.59. The van der Waals surface area contributed by atoms with Crippen LogP contribution in [-0.4, -0.2) is 9.38 Å². The van der Waals surface area contributed by atoms with E-state index < -0.39 is 0 Å². The van der Waals surface area contributed by atoms with E-state index >= 15 is 0 Å². The van der Waals surface area contributed by atoms with Gasteiger partial charge < -0.3 is 9.32 Å². The molecule has 0 saturated carbocycles. The SMILES string of the molecule is Cc1cccc2c1N1[C@@H](C)c3c(oc4nccn34)C1(C)C(C)(C)C2(C)C. The Balaban J connectivity index is 1.94. The largest absolute Gasteiger partial charge is 0.425 e. The van der Waals surface area contributed by atoms with Gasteiger partial charge in [0.05, 0.1) is 11.7 Å². The molecule has 1 unspecified atom stereocenters. The number of benzene rings is 1. The van der Waals surface area contributed by atoms with Gasteiger partial charge in [-0.05, 0) is 37.3 Å². The topological polar surface area (TPSA) is 33.7 Å². The summed E-state index contributed by atoms with van der Waals surface area (Å²) in [6.07, 6.45) is 3.84. The van der Waals surface area contributed by atoms with Gasteiger partial charge in [-0.25, -0.2) is 4.98 Å². The van der Waals surface area contributed by atoms with Gasteiger partial charge in [0.25, 0.3) is 0 Å². The van der Waals surface area contributed by atoms with Crippen molar-refractivity contribution >= 4 is 11.5 Å². The Morgan fingerprint density at radius 2 is 1.85 bits per heavy atom. The second kappa shape index (κ2) is 4.36. The average molecular weight is 349 g/mol. The first kappa shape index (κ1) is 16.0. The zero-order valence-corrected chi connectivity index (χ0v) is 16.7. The molecule has 26 heavy (non-hydrogen) atoms. The first-order valence-corrected chi connectivity index (χ1v) is 9.49. The highest BCUT2D eigenvalue weighted by molar-refractivity contribution is 5.71. The Morgan fingerprint density at radius 1 is 1.12 bits per heavy atom. The summed E-state index contributed by atoms with van der Waals surface area (Å²) in [4.78, 5) is 7.02. The predicted octanol–water partition coefficient (Wildman–Crippen LogP) is 5.35. The maximum absolute atomic E-state index is 6.39. The van der Waals surface area contributed by atoms with Crippen molar-refractivity contribution in [3.8, 4) is 0 Å². The maximum Gasteiger partial charge on any atom is 0.306 e. The number of hydrogen-bond acceptors (Lipinski definition) is 3. The third-order valence-electron chi connectivity index (χ3n) is 7.93. The van der Waals surface area contributed by atoms with Crippen LogP contribution in [0.5, 0.6) is 0 Å². The lowest BCUT2D eigenvalue weighted by molar-refractivity contribution is 0.0518. The molecule has 0 spiro atoms. The Morgan fingerprint density at radius 3 is 2.58 bits per heavy atom. The molecule has 1 aromatic carbocycles. The van der Waals surface area contributed by atoms with Crippen LogP contribution in [0, 0.1) is 12.3 Å². The van der Waals surface area contributed by atoms with Crippen molar-refractivity contribution in [1.29, 1.82) is 0 Å². The van der Waals surface area contributed by atoms with Crippen LogP contribution in [0.4, 0.5) is 5.69 Å². The Labute approximate surface area is 154 Å². The van der Waals surface area contributed by atoms with Gasteiger partial charge >= 0.3 is 5.84 Å². The molecule has 0 bridgehead atoms. The van der Waals surface area contributed by atoms with Crippen LogP contribution in [0.3, 0.4) is 0 Å². The summed E-state index contributed by atoms with van der Waals surface area (Å²) in [6, 6.07) is 6.96. The number of fused-ring (bicyclic) bond motifs is 7. The van der Waals surface area contributed by atoms with Crippen LogP contribution in [0.2, 0.25) is 0 Å². The second-order valence-electron chi connectivity index (χ2n) is 9.24. The summed E-state index contributed by atoms with van der Waals surface area (Å²) in [5.41, 5.74) is 5.07. The zero-order chi connectivity index (χ0) is 18.6. The van der Waals surface area contributed by atoms with Gasteiger partial charge in [-0.3, -0.25) is 4.40 Å². The van der Waals surface area contributed by atoms with E-state index in [2.05, 4.69) is 80.9 Å². The molecule has 0 N–H and O–H groups in total. The zero-order valence-electron chi connectivity index (χ0n) is 16.7. The summed E-state index contributed by atoms with van der Waals surface area (Å²) < 4.78 is 8.52. The fourth-order valence-electron chi connectivity index (χ4n) is 5.59. The molecule has 3 aromatic rings. The number of rotatable bonds is 0. The summed E-state index contributed by atoms with van der Waals surface area (Å²) in [7, 11) is 0. The second-order valence-corrected chi connectivity index (χ2v) is 9.24. The number of aromatic nitrogens is 2. The van der Waals surface area contributed by atoms with Crippen molar-refractivity contribution in [3.05, 3.63) is 53.2 Å². The quantitative estimate of drug-likeness (QED) is 0.548. The monoisotopic (exact) mass is 349 g/mol. The molecule has 0 amide bonds. The predicted molar refractivity (Wildman–Crippen MR) is 104 cm³/mol. The molecule has 0 saturated heterocycles. The van der Waals surface area contributed by atoms with E-state index in [0.29, 0.717) is 5.84 Å². The molecule has 4 heteroatoms. The Hall–Kier alpha value is -2.23. The molecule has 2 aromatic heterocycles. The number of oxazole rings is 1. The van der Waals surface area contributed by atoms with Crippen LogP contribution >= 0.6 is 0 Å². The van der Waals surface area contributed by atoms with E-state index in [4.69, 9.17) is 4.42 Å². The van der Waals surface area contributed by atoms with Crippen LogP contribution in [0.25, 0.3) is 5.84 Å². The van der Waals surface area contributed by atoms with E-state index in [1.54, 1.807) is 0 Å². The van der Waals surface area contributed by atoms with Gasteiger partial charge in [0, 0.05) is 23.5 Å². The minimum Gasteiger partial charge on any atom is -0.425 e. The first-order chi connectivity index (χ1) is 12.1. The molecule has 136 valence electrons. The lowest BCUT2D eigenvalue weighted by Crippen LogP contribution is -2.62. The number of para-hydroxylation sites is 1. The van der Waals surface area contributed by atoms with Crippen LogP contribution in [0.15, 0.2) is 35.0 Å². The van der Waals surface area contributed by atoms with Gasteiger partial charge in [0.15, 0.2) is 5.76 Å². The van der Waals surface area contributed by atoms with E-state index in [1.807, 2.05) is 12.4 Å². The number of hydrogen-bond donors (Lipinski definition) is 0. The highest BCUT2D eigenvalue weighted by Crippen LogP contribution is 2.67. The lowest BCUT2D eigenvalue weighted by Gasteiger charge is -2.61. The van der Waals surface area contributed by atoms with Gasteiger partial charge in [-0.2, -0.15) is 0 Å². The molecule has 4 heterocycles. The van der Waals surface area contributed by atoms with Crippen LogP contribution < -0.4 is 4.90 Å². The molecule has 0 fully saturated rings. The standard InChI is InChI=1S/C22H27N3O/c1-13-9-8-10-15-16(13)25-14(2)17-18(26-19-23-11-12-24(17)19)22(25,7)21(5,6)20(15,3)4/h8-12,14H,1-7H3/t14-,22?/m0/s1. The smallest absolute Gasteiger partial charge is 0.306 e. The minimum atomic E-state index is -0.245.